The van der Waals surface area contributed by atoms with E-state index in [0.717, 1.165) is 48.7 Å². The Morgan fingerprint density at radius 2 is 1.91 bits per heavy atom. The Morgan fingerprint density at radius 3 is 2.50 bits per heavy atom. The first-order valence-electron chi connectivity index (χ1n) is 7.39. The summed E-state index contributed by atoms with van der Waals surface area (Å²) in [7, 11) is 4.01. The van der Waals surface area contributed by atoms with Crippen LogP contribution in [-0.2, 0) is 13.6 Å². The van der Waals surface area contributed by atoms with Gasteiger partial charge in [0.05, 0.1) is 11.0 Å². The summed E-state index contributed by atoms with van der Waals surface area (Å²) in [5.74, 6) is 1.80. The minimum Gasteiger partial charge on any atom is -0.341 e. The molecule has 1 fully saturated rings. The molecule has 0 atom stereocenters. The van der Waals surface area contributed by atoms with E-state index in [2.05, 4.69) is 52.8 Å². The maximum Gasteiger partial charge on any atom is 0.225 e. The molecule has 0 aliphatic carbocycles. The smallest absolute Gasteiger partial charge is 0.225 e. The molecule has 8 heteroatoms. The van der Waals surface area contributed by atoms with E-state index in [-0.39, 0.29) is 0 Å². The van der Waals surface area contributed by atoms with Gasteiger partial charge in [0.1, 0.15) is 12.2 Å². The van der Waals surface area contributed by atoms with E-state index in [4.69, 9.17) is 0 Å². The molecular weight excluding hydrogens is 346 g/mol. The Morgan fingerprint density at radius 1 is 1.23 bits per heavy atom. The minimum atomic E-state index is 0.483. The predicted octanol–water partition coefficient (Wildman–Crippen LogP) is 1.47. The Labute approximate surface area is 138 Å². The van der Waals surface area contributed by atoms with Crippen LogP contribution in [0.25, 0.3) is 0 Å². The van der Waals surface area contributed by atoms with E-state index in [1.54, 1.807) is 18.7 Å². The Hall–Kier alpha value is -1.54. The lowest BCUT2D eigenvalue weighted by Gasteiger charge is -2.36. The van der Waals surface area contributed by atoms with Gasteiger partial charge >= 0.3 is 0 Å². The highest BCUT2D eigenvalue weighted by Crippen LogP contribution is 2.20. The molecule has 22 heavy (non-hydrogen) atoms. The molecule has 1 saturated heterocycles. The highest BCUT2D eigenvalue weighted by Gasteiger charge is 2.24. The zero-order chi connectivity index (χ0) is 15.5. The van der Waals surface area contributed by atoms with Crippen LogP contribution in [-0.4, -0.2) is 55.8 Å². The van der Waals surface area contributed by atoms with Crippen molar-refractivity contribution >= 4 is 21.9 Å². The molecule has 0 bridgehead atoms. The number of rotatable bonds is 4. The van der Waals surface area contributed by atoms with Gasteiger partial charge in [-0.3, -0.25) is 9.58 Å². The van der Waals surface area contributed by atoms with Gasteiger partial charge in [0.25, 0.3) is 0 Å². The molecule has 1 aliphatic heterocycles. The number of hydrogen-bond donors (Lipinski definition) is 0. The summed E-state index contributed by atoms with van der Waals surface area (Å²) in [5, 5.41) is 4.12. The highest BCUT2D eigenvalue weighted by molar-refractivity contribution is 9.10. The molecule has 0 spiro atoms. The predicted molar refractivity (Wildman–Crippen MR) is 87.4 cm³/mol. The Kier molecular flexibility index (Phi) is 4.68. The van der Waals surface area contributed by atoms with Crippen LogP contribution in [0.4, 0.5) is 5.95 Å². The maximum atomic E-state index is 4.38. The summed E-state index contributed by atoms with van der Waals surface area (Å²) in [5.41, 5.74) is 0. The van der Waals surface area contributed by atoms with Crippen LogP contribution in [0.2, 0.25) is 0 Å². The molecule has 118 valence electrons. The molecule has 0 saturated carbocycles. The Balaban J connectivity index is 1.55. The monoisotopic (exact) mass is 365 g/mol. The summed E-state index contributed by atoms with van der Waals surface area (Å²) in [4.78, 5) is 17.7. The third-order valence-corrected chi connectivity index (χ3v) is 4.61. The molecule has 7 nitrogen and oxygen atoms in total. The van der Waals surface area contributed by atoms with Gasteiger partial charge in [-0.15, -0.1) is 0 Å². The van der Waals surface area contributed by atoms with E-state index < -0.39 is 0 Å². The number of piperidine rings is 1. The van der Waals surface area contributed by atoms with Gasteiger partial charge in [-0.25, -0.2) is 15.0 Å². The second-order valence-electron chi connectivity index (χ2n) is 5.62. The summed E-state index contributed by atoms with van der Waals surface area (Å²) in [6, 6.07) is 0.483. The fraction of sp³-hybridized carbons (Fsp3) is 0.571. The van der Waals surface area contributed by atoms with Gasteiger partial charge in [-0.2, -0.15) is 5.10 Å². The lowest BCUT2D eigenvalue weighted by atomic mass is 10.0. The molecular formula is C14H20BrN7. The van der Waals surface area contributed by atoms with Crippen LogP contribution in [0.15, 0.2) is 23.2 Å². The molecule has 2 aromatic rings. The van der Waals surface area contributed by atoms with Crippen molar-refractivity contribution in [2.75, 3.05) is 25.0 Å². The second-order valence-corrected chi connectivity index (χ2v) is 6.54. The first-order chi connectivity index (χ1) is 10.6. The van der Waals surface area contributed by atoms with Crippen molar-refractivity contribution in [3.05, 3.63) is 29.0 Å². The molecule has 0 amide bonds. The fourth-order valence-corrected chi connectivity index (χ4v) is 2.98. The number of halogens is 1. The molecule has 2 aromatic heterocycles. The molecule has 0 aromatic carbocycles. The lowest BCUT2D eigenvalue weighted by Crippen LogP contribution is -2.43. The number of anilines is 1. The first kappa shape index (κ1) is 15.4. The van der Waals surface area contributed by atoms with Crippen molar-refractivity contribution in [1.29, 1.82) is 0 Å². The summed E-state index contributed by atoms with van der Waals surface area (Å²) >= 11 is 3.37. The standard InChI is InChI=1S/C14H20BrN7/c1-20(14-16-7-11(15)8-17-14)12-3-5-22(6-4-12)9-13-18-10-19-21(13)2/h7-8,10,12H,3-6,9H2,1-2H3. The van der Waals surface area contributed by atoms with Crippen LogP contribution < -0.4 is 4.90 Å². The van der Waals surface area contributed by atoms with Crippen molar-refractivity contribution in [3.8, 4) is 0 Å². The van der Waals surface area contributed by atoms with Crippen LogP contribution in [0.1, 0.15) is 18.7 Å². The fourth-order valence-electron chi connectivity index (χ4n) is 2.78. The summed E-state index contributed by atoms with van der Waals surface area (Å²) in [6.07, 6.45) is 7.41. The molecule has 0 unspecified atom stereocenters. The van der Waals surface area contributed by atoms with E-state index >= 15 is 0 Å². The zero-order valence-corrected chi connectivity index (χ0v) is 14.4. The average Bonchev–Trinajstić information content (AvgIpc) is 2.93. The van der Waals surface area contributed by atoms with Gasteiger partial charge in [-0.1, -0.05) is 0 Å². The highest BCUT2D eigenvalue weighted by atomic mass is 79.9. The minimum absolute atomic E-state index is 0.483. The van der Waals surface area contributed by atoms with Gasteiger partial charge < -0.3 is 4.90 Å². The van der Waals surface area contributed by atoms with Crippen LogP contribution in [0, 0.1) is 0 Å². The topological polar surface area (TPSA) is 63.0 Å². The van der Waals surface area contributed by atoms with Crippen LogP contribution >= 0.6 is 15.9 Å². The Bertz CT molecular complexity index is 604. The van der Waals surface area contributed by atoms with E-state index in [1.165, 1.54) is 0 Å². The van der Waals surface area contributed by atoms with Crippen molar-refractivity contribution in [2.45, 2.75) is 25.4 Å². The molecule has 1 aliphatic rings. The van der Waals surface area contributed by atoms with E-state index in [1.807, 2.05) is 11.7 Å². The van der Waals surface area contributed by atoms with Crippen molar-refractivity contribution in [2.24, 2.45) is 7.05 Å². The molecule has 0 N–H and O–H groups in total. The SMILES string of the molecule is CN(c1ncc(Br)cn1)C1CCN(Cc2ncnn2C)CC1. The number of nitrogens with zero attached hydrogens (tertiary/aromatic N) is 7. The molecule has 3 rings (SSSR count). The van der Waals surface area contributed by atoms with E-state index in [0.29, 0.717) is 6.04 Å². The third-order valence-electron chi connectivity index (χ3n) is 4.20. The number of likely N-dealkylation sites (tertiary alicyclic amines) is 1. The normalized spacial score (nSPS) is 16.9. The second kappa shape index (κ2) is 6.70. The first-order valence-corrected chi connectivity index (χ1v) is 8.18. The van der Waals surface area contributed by atoms with E-state index in [9.17, 15) is 0 Å². The van der Waals surface area contributed by atoms with Crippen molar-refractivity contribution in [3.63, 3.8) is 0 Å². The van der Waals surface area contributed by atoms with Gasteiger partial charge in [0, 0.05) is 45.6 Å². The van der Waals surface area contributed by atoms with Gasteiger partial charge in [0.2, 0.25) is 5.95 Å². The average molecular weight is 366 g/mol. The van der Waals surface area contributed by atoms with Crippen molar-refractivity contribution in [1.82, 2.24) is 29.6 Å². The van der Waals surface area contributed by atoms with Crippen LogP contribution in [0.5, 0.6) is 0 Å². The third kappa shape index (κ3) is 3.44. The summed E-state index contributed by atoms with van der Waals surface area (Å²) in [6.45, 7) is 2.97. The summed E-state index contributed by atoms with van der Waals surface area (Å²) < 4.78 is 2.75. The molecule has 3 heterocycles. The zero-order valence-electron chi connectivity index (χ0n) is 12.9. The number of aryl methyl sites for hydroxylation is 1. The number of aromatic nitrogens is 5. The van der Waals surface area contributed by atoms with Gasteiger partial charge in [-0.05, 0) is 28.8 Å². The number of hydrogen-bond acceptors (Lipinski definition) is 6. The van der Waals surface area contributed by atoms with Crippen LogP contribution in [0.3, 0.4) is 0 Å². The largest absolute Gasteiger partial charge is 0.341 e. The quantitative estimate of drug-likeness (QED) is 0.817. The van der Waals surface area contributed by atoms with Gasteiger partial charge in [0.15, 0.2) is 0 Å². The maximum absolute atomic E-state index is 4.38. The van der Waals surface area contributed by atoms with Crippen molar-refractivity contribution < 1.29 is 0 Å². The lowest BCUT2D eigenvalue weighted by molar-refractivity contribution is 0.196. The molecule has 0 radical (unpaired) electrons.